The highest BCUT2D eigenvalue weighted by molar-refractivity contribution is 6.35. The lowest BCUT2D eigenvalue weighted by molar-refractivity contribution is 0.248. The van der Waals surface area contributed by atoms with Gasteiger partial charge in [-0.1, -0.05) is 53.0 Å². The van der Waals surface area contributed by atoms with E-state index in [-0.39, 0.29) is 0 Å². The Balaban J connectivity index is 1.78. The Bertz CT molecular complexity index is 816. The van der Waals surface area contributed by atoms with E-state index < -0.39 is 0 Å². The average Bonchev–Trinajstić information content (AvgIpc) is 2.97. The van der Waals surface area contributed by atoms with Crippen LogP contribution in [0, 0.1) is 11.8 Å². The molecule has 5 heteroatoms. The molecule has 4 rings (SSSR count). The number of hydrogen-bond acceptors (Lipinski definition) is 2. The van der Waals surface area contributed by atoms with E-state index in [0.29, 0.717) is 28.7 Å². The Morgan fingerprint density at radius 1 is 0.880 bits per heavy atom. The zero-order valence-corrected chi connectivity index (χ0v) is 15.9. The second kappa shape index (κ2) is 6.83. The molecule has 0 spiro atoms. The number of rotatable bonds is 2. The molecule has 0 radical (unpaired) electrons. The molecule has 0 saturated heterocycles. The van der Waals surface area contributed by atoms with Crippen molar-refractivity contribution in [1.82, 2.24) is 0 Å². The van der Waals surface area contributed by atoms with Gasteiger partial charge in [-0.15, -0.1) is 0 Å². The van der Waals surface area contributed by atoms with Crippen molar-refractivity contribution in [3.8, 4) is 0 Å². The summed E-state index contributed by atoms with van der Waals surface area (Å²) in [7, 11) is 0. The molecule has 3 unspecified atom stereocenters. The average molecular weight is 394 g/mol. The Kier molecular flexibility index (Phi) is 4.70. The molecule has 2 aromatic rings. The number of benzene rings is 2. The normalized spacial score (nSPS) is 28.5. The van der Waals surface area contributed by atoms with Gasteiger partial charge in [0.2, 0.25) is 0 Å². The van der Waals surface area contributed by atoms with Crippen LogP contribution in [0.25, 0.3) is 0 Å². The minimum absolute atomic E-state index is 0.319. The van der Waals surface area contributed by atoms with Crippen LogP contribution in [-0.2, 0) is 0 Å². The largest absolute Gasteiger partial charge is 0.387 e. The molecule has 2 aromatic carbocycles. The zero-order chi connectivity index (χ0) is 17.6. The molecule has 2 aliphatic rings. The number of amidine groups is 1. The van der Waals surface area contributed by atoms with Crippen LogP contribution in [0.1, 0.15) is 35.8 Å². The molecule has 4 atom stereocenters. The number of hydrogen-bond donors (Lipinski definition) is 1. The van der Waals surface area contributed by atoms with Crippen molar-refractivity contribution in [2.45, 2.75) is 24.7 Å². The molecule has 25 heavy (non-hydrogen) atoms. The number of halogens is 3. The highest BCUT2D eigenvalue weighted by Gasteiger charge is 2.44. The van der Waals surface area contributed by atoms with Crippen LogP contribution < -0.4 is 5.73 Å². The summed E-state index contributed by atoms with van der Waals surface area (Å²) in [6, 6.07) is 14.0. The Labute approximate surface area is 163 Å². The van der Waals surface area contributed by atoms with Gasteiger partial charge in [0, 0.05) is 27.5 Å². The molecule has 1 aliphatic carbocycles. The van der Waals surface area contributed by atoms with Gasteiger partial charge < -0.3 is 5.73 Å². The minimum Gasteiger partial charge on any atom is -0.387 e. The third-order valence-corrected chi connectivity index (χ3v) is 6.50. The summed E-state index contributed by atoms with van der Waals surface area (Å²) < 4.78 is 0. The molecular formula is C20H19Cl3N2. The fourth-order valence-corrected chi connectivity index (χ4v) is 5.23. The van der Waals surface area contributed by atoms with E-state index in [9.17, 15) is 0 Å². The second-order valence-electron chi connectivity index (χ2n) is 6.96. The van der Waals surface area contributed by atoms with Crippen LogP contribution in [-0.4, -0.2) is 12.4 Å². The maximum absolute atomic E-state index is 6.55. The summed E-state index contributed by atoms with van der Waals surface area (Å²) >= 11 is 18.8. The third-order valence-electron chi connectivity index (χ3n) is 5.68. The summed E-state index contributed by atoms with van der Waals surface area (Å²) in [5, 5.41) is 2.15. The first-order valence-electron chi connectivity index (χ1n) is 8.55. The molecule has 2 N–H and O–H groups in total. The molecule has 0 bridgehead atoms. The van der Waals surface area contributed by atoms with Crippen LogP contribution in [0.15, 0.2) is 47.5 Å². The van der Waals surface area contributed by atoms with Crippen LogP contribution in [0.5, 0.6) is 0 Å². The summed E-state index contributed by atoms with van der Waals surface area (Å²) in [4.78, 5) is 4.55. The van der Waals surface area contributed by atoms with Crippen LogP contribution in [0.2, 0.25) is 15.1 Å². The van der Waals surface area contributed by atoms with Gasteiger partial charge in [0.05, 0.1) is 5.84 Å². The van der Waals surface area contributed by atoms with Gasteiger partial charge in [0.15, 0.2) is 0 Å². The van der Waals surface area contributed by atoms with E-state index in [1.807, 2.05) is 24.3 Å². The SMILES string of the molecule is NC1=NC[C@H]2C1CCC(c1ccc(Cl)cc1Cl)C2c1ccc(Cl)cc1. The molecule has 1 aliphatic heterocycles. The Morgan fingerprint density at radius 2 is 1.56 bits per heavy atom. The maximum Gasteiger partial charge on any atom is 0.0972 e. The molecule has 0 aromatic heterocycles. The van der Waals surface area contributed by atoms with Crippen molar-refractivity contribution >= 4 is 40.6 Å². The number of fused-ring (bicyclic) bond motifs is 1. The zero-order valence-electron chi connectivity index (χ0n) is 13.6. The molecule has 1 saturated carbocycles. The monoisotopic (exact) mass is 392 g/mol. The molecule has 2 nitrogen and oxygen atoms in total. The van der Waals surface area contributed by atoms with Gasteiger partial charge in [-0.05, 0) is 66.0 Å². The van der Waals surface area contributed by atoms with Crippen LogP contribution >= 0.6 is 34.8 Å². The van der Waals surface area contributed by atoms with Gasteiger partial charge in [0.25, 0.3) is 0 Å². The number of aliphatic imine (C=N–C) groups is 1. The van der Waals surface area contributed by atoms with Gasteiger partial charge >= 0.3 is 0 Å². The fraction of sp³-hybridized carbons (Fsp3) is 0.350. The predicted octanol–water partition coefficient (Wildman–Crippen LogP) is 5.91. The lowest BCUT2D eigenvalue weighted by Crippen LogP contribution is -2.36. The van der Waals surface area contributed by atoms with E-state index in [4.69, 9.17) is 40.5 Å². The molecule has 1 heterocycles. The minimum atomic E-state index is 0.319. The van der Waals surface area contributed by atoms with E-state index in [0.717, 1.165) is 40.8 Å². The molecule has 1 fully saturated rings. The smallest absolute Gasteiger partial charge is 0.0972 e. The van der Waals surface area contributed by atoms with Gasteiger partial charge in [-0.25, -0.2) is 0 Å². The van der Waals surface area contributed by atoms with E-state index in [2.05, 4.69) is 23.2 Å². The summed E-state index contributed by atoms with van der Waals surface area (Å²) in [5.41, 5.74) is 8.61. The summed E-state index contributed by atoms with van der Waals surface area (Å²) in [6.45, 7) is 0.783. The molecule has 0 amide bonds. The number of nitrogens with two attached hydrogens (primary N) is 1. The van der Waals surface area contributed by atoms with Crippen molar-refractivity contribution in [2.75, 3.05) is 6.54 Å². The maximum atomic E-state index is 6.55. The van der Waals surface area contributed by atoms with Gasteiger partial charge in [-0.3, -0.25) is 4.99 Å². The Hall–Kier alpha value is -1.22. The topological polar surface area (TPSA) is 38.4 Å². The molecule has 130 valence electrons. The van der Waals surface area contributed by atoms with E-state index in [1.54, 1.807) is 0 Å². The van der Waals surface area contributed by atoms with Crippen molar-refractivity contribution < 1.29 is 0 Å². The first-order chi connectivity index (χ1) is 12.0. The van der Waals surface area contributed by atoms with Crippen molar-refractivity contribution in [1.29, 1.82) is 0 Å². The molecular weight excluding hydrogens is 375 g/mol. The van der Waals surface area contributed by atoms with Gasteiger partial charge in [-0.2, -0.15) is 0 Å². The van der Waals surface area contributed by atoms with E-state index >= 15 is 0 Å². The highest BCUT2D eigenvalue weighted by atomic mass is 35.5. The van der Waals surface area contributed by atoms with Gasteiger partial charge in [0.1, 0.15) is 0 Å². The van der Waals surface area contributed by atoms with E-state index in [1.165, 1.54) is 5.56 Å². The first kappa shape index (κ1) is 17.2. The second-order valence-corrected chi connectivity index (χ2v) is 8.24. The fourth-order valence-electron chi connectivity index (χ4n) is 4.55. The van der Waals surface area contributed by atoms with Crippen molar-refractivity contribution in [3.05, 3.63) is 68.7 Å². The van der Waals surface area contributed by atoms with Crippen LogP contribution in [0.4, 0.5) is 0 Å². The summed E-state index contributed by atoms with van der Waals surface area (Å²) in [5.74, 6) is 2.23. The Morgan fingerprint density at radius 3 is 2.28 bits per heavy atom. The predicted molar refractivity (Wildman–Crippen MR) is 106 cm³/mol. The lowest BCUT2D eigenvalue weighted by Gasteiger charge is -2.41. The summed E-state index contributed by atoms with van der Waals surface area (Å²) in [6.07, 6.45) is 2.08. The highest BCUT2D eigenvalue weighted by Crippen LogP contribution is 2.52. The number of nitrogens with zero attached hydrogens (tertiary/aromatic N) is 1. The van der Waals surface area contributed by atoms with Crippen LogP contribution in [0.3, 0.4) is 0 Å². The quantitative estimate of drug-likeness (QED) is 0.676. The van der Waals surface area contributed by atoms with Crippen molar-refractivity contribution in [3.63, 3.8) is 0 Å². The lowest BCUT2D eigenvalue weighted by atomic mass is 9.63. The third kappa shape index (κ3) is 3.16. The van der Waals surface area contributed by atoms with Crippen molar-refractivity contribution in [2.24, 2.45) is 22.6 Å². The first-order valence-corrected chi connectivity index (χ1v) is 9.68. The standard InChI is InChI=1S/C20H19Cl3N2/c21-12-3-1-11(2-4-12)19-15(14-6-5-13(22)9-18(14)23)7-8-16-17(19)10-25-20(16)24/h1-6,9,15-17,19H,7-8,10H2,(H2,24,25)/t15?,16?,17-,19?/m0/s1.